The molecule has 0 radical (unpaired) electrons. The number of rotatable bonds is 5. The Bertz CT molecular complexity index is 821. The molecular formula is C19H20N2O5S. The second-order valence-electron chi connectivity index (χ2n) is 6.16. The zero-order valence-electron chi connectivity index (χ0n) is 14.7. The number of aliphatic carboxylic acids is 1. The summed E-state index contributed by atoms with van der Waals surface area (Å²) in [5.74, 6) is -0.891. The lowest BCUT2D eigenvalue weighted by atomic mass is 10.2. The van der Waals surface area contributed by atoms with Crippen LogP contribution in [-0.4, -0.2) is 65.5 Å². The molecule has 142 valence electrons. The van der Waals surface area contributed by atoms with E-state index >= 15 is 0 Å². The number of thiophene rings is 1. The topological polar surface area (TPSA) is 87.2 Å². The lowest BCUT2D eigenvalue weighted by Gasteiger charge is -2.22. The predicted octanol–water partition coefficient (Wildman–Crippen LogP) is 2.20. The van der Waals surface area contributed by atoms with Gasteiger partial charge in [-0.05, 0) is 36.1 Å². The minimum Gasteiger partial charge on any atom is -0.482 e. The molecule has 3 rings (SSSR count). The summed E-state index contributed by atoms with van der Waals surface area (Å²) in [6.45, 7) is 1.65. The van der Waals surface area contributed by atoms with Crippen molar-refractivity contribution in [2.75, 3.05) is 32.8 Å². The Kier molecular flexibility index (Phi) is 6.08. The van der Waals surface area contributed by atoms with Crippen molar-refractivity contribution in [2.24, 2.45) is 0 Å². The number of benzene rings is 1. The zero-order valence-corrected chi connectivity index (χ0v) is 15.5. The summed E-state index contributed by atoms with van der Waals surface area (Å²) in [6, 6.07) is 8.31. The van der Waals surface area contributed by atoms with E-state index < -0.39 is 12.6 Å². The quantitative estimate of drug-likeness (QED) is 0.849. The number of carboxylic acids is 1. The van der Waals surface area contributed by atoms with Crippen molar-refractivity contribution < 1.29 is 24.2 Å². The maximum Gasteiger partial charge on any atom is 0.341 e. The van der Waals surface area contributed by atoms with E-state index in [2.05, 4.69) is 0 Å². The molecule has 2 heterocycles. The third kappa shape index (κ3) is 4.85. The van der Waals surface area contributed by atoms with Crippen LogP contribution in [-0.2, 0) is 4.79 Å². The van der Waals surface area contributed by atoms with E-state index in [1.807, 2.05) is 16.8 Å². The Morgan fingerprint density at radius 2 is 1.70 bits per heavy atom. The van der Waals surface area contributed by atoms with Gasteiger partial charge in [0.05, 0.1) is 5.56 Å². The molecule has 1 aromatic carbocycles. The Morgan fingerprint density at radius 1 is 1.00 bits per heavy atom. The summed E-state index contributed by atoms with van der Waals surface area (Å²) in [4.78, 5) is 39.4. The fraction of sp³-hybridized carbons (Fsp3) is 0.316. The molecule has 2 aromatic rings. The maximum atomic E-state index is 12.8. The van der Waals surface area contributed by atoms with E-state index in [0.29, 0.717) is 49.5 Å². The van der Waals surface area contributed by atoms with E-state index in [1.54, 1.807) is 34.1 Å². The molecule has 1 aliphatic heterocycles. The highest BCUT2D eigenvalue weighted by Gasteiger charge is 2.24. The molecule has 1 saturated heterocycles. The zero-order chi connectivity index (χ0) is 19.2. The first-order valence-corrected chi connectivity index (χ1v) is 9.54. The molecular weight excluding hydrogens is 368 g/mol. The fourth-order valence-corrected chi connectivity index (χ4v) is 3.57. The summed E-state index contributed by atoms with van der Waals surface area (Å²) in [5.41, 5.74) is 1.12. The van der Waals surface area contributed by atoms with Gasteiger partial charge in [-0.3, -0.25) is 9.59 Å². The lowest BCUT2D eigenvalue weighted by molar-refractivity contribution is -0.139. The van der Waals surface area contributed by atoms with Crippen molar-refractivity contribution in [1.82, 2.24) is 9.80 Å². The van der Waals surface area contributed by atoms with E-state index in [4.69, 9.17) is 9.84 Å². The van der Waals surface area contributed by atoms with Gasteiger partial charge in [0.25, 0.3) is 11.8 Å². The van der Waals surface area contributed by atoms with Gasteiger partial charge in [0.1, 0.15) is 5.75 Å². The minimum atomic E-state index is -1.07. The highest BCUT2D eigenvalue weighted by atomic mass is 32.1. The third-order valence-electron chi connectivity index (χ3n) is 4.28. The molecule has 0 atom stereocenters. The highest BCUT2D eigenvalue weighted by Crippen LogP contribution is 2.17. The number of hydrogen-bond donors (Lipinski definition) is 1. The second-order valence-corrected chi connectivity index (χ2v) is 6.94. The summed E-state index contributed by atoms with van der Waals surface area (Å²) in [6.07, 6.45) is 0.705. The maximum absolute atomic E-state index is 12.8. The van der Waals surface area contributed by atoms with Gasteiger partial charge in [0, 0.05) is 37.1 Å². The van der Waals surface area contributed by atoms with Crippen molar-refractivity contribution >= 4 is 29.1 Å². The molecule has 1 fully saturated rings. The lowest BCUT2D eigenvalue weighted by Crippen LogP contribution is -2.37. The van der Waals surface area contributed by atoms with E-state index in [0.717, 1.165) is 0 Å². The Balaban J connectivity index is 1.63. The molecule has 0 saturated carbocycles. The van der Waals surface area contributed by atoms with Crippen LogP contribution in [0.3, 0.4) is 0 Å². The van der Waals surface area contributed by atoms with E-state index in [1.165, 1.54) is 11.3 Å². The van der Waals surface area contributed by atoms with Crippen molar-refractivity contribution in [3.05, 3.63) is 52.2 Å². The van der Waals surface area contributed by atoms with Crippen LogP contribution in [0.5, 0.6) is 5.75 Å². The van der Waals surface area contributed by atoms with Crippen LogP contribution in [0.1, 0.15) is 27.1 Å². The van der Waals surface area contributed by atoms with Gasteiger partial charge in [-0.25, -0.2) is 4.79 Å². The van der Waals surface area contributed by atoms with Crippen molar-refractivity contribution in [2.45, 2.75) is 6.42 Å². The number of carboxylic acid groups (broad SMARTS) is 1. The summed E-state index contributed by atoms with van der Waals surface area (Å²) >= 11 is 1.49. The third-order valence-corrected chi connectivity index (χ3v) is 4.96. The molecule has 0 bridgehead atoms. The van der Waals surface area contributed by atoms with E-state index in [9.17, 15) is 14.4 Å². The predicted molar refractivity (Wildman–Crippen MR) is 100 cm³/mol. The van der Waals surface area contributed by atoms with Gasteiger partial charge >= 0.3 is 5.97 Å². The van der Waals surface area contributed by atoms with Gasteiger partial charge in [-0.15, -0.1) is 0 Å². The van der Waals surface area contributed by atoms with Crippen LogP contribution in [0.25, 0.3) is 0 Å². The number of carbonyl (C=O) groups excluding carboxylic acids is 2. The molecule has 7 nitrogen and oxygen atoms in total. The van der Waals surface area contributed by atoms with Crippen LogP contribution in [0, 0.1) is 0 Å². The van der Waals surface area contributed by atoms with E-state index in [-0.39, 0.29) is 11.8 Å². The number of ether oxygens (including phenoxy) is 1. The average molecular weight is 388 g/mol. The van der Waals surface area contributed by atoms with Crippen LogP contribution >= 0.6 is 11.3 Å². The molecule has 1 N–H and O–H groups in total. The smallest absolute Gasteiger partial charge is 0.341 e. The minimum absolute atomic E-state index is 0.00498. The van der Waals surface area contributed by atoms with Gasteiger partial charge < -0.3 is 19.6 Å². The first-order valence-electron chi connectivity index (χ1n) is 8.60. The molecule has 1 aromatic heterocycles. The molecule has 0 spiro atoms. The van der Waals surface area contributed by atoms with Crippen molar-refractivity contribution in [1.29, 1.82) is 0 Å². The standard InChI is InChI=1S/C19H20N2O5S/c22-17(23)12-26-16-4-1-3-14(11-16)18(24)20-6-2-7-21(9-8-20)19(25)15-5-10-27-13-15/h1,3-5,10-11,13H,2,6-9,12H2,(H,22,23). The van der Waals surface area contributed by atoms with Crippen LogP contribution in [0.4, 0.5) is 0 Å². The Hall–Kier alpha value is -2.87. The number of nitrogens with zero attached hydrogens (tertiary/aromatic N) is 2. The number of carbonyl (C=O) groups is 3. The van der Waals surface area contributed by atoms with Gasteiger partial charge in [-0.2, -0.15) is 11.3 Å². The molecule has 1 aliphatic rings. The van der Waals surface area contributed by atoms with Gasteiger partial charge in [0.2, 0.25) is 0 Å². The highest BCUT2D eigenvalue weighted by molar-refractivity contribution is 7.08. The van der Waals surface area contributed by atoms with Crippen LogP contribution in [0.2, 0.25) is 0 Å². The largest absolute Gasteiger partial charge is 0.482 e. The van der Waals surface area contributed by atoms with Gasteiger partial charge in [-0.1, -0.05) is 6.07 Å². The van der Waals surface area contributed by atoms with Crippen molar-refractivity contribution in [3.63, 3.8) is 0 Å². The Labute approximate surface area is 160 Å². The fourth-order valence-electron chi connectivity index (χ4n) is 2.94. The SMILES string of the molecule is O=C(O)COc1cccc(C(=O)N2CCCN(C(=O)c3ccsc3)CC2)c1. The van der Waals surface area contributed by atoms with Crippen LogP contribution < -0.4 is 4.74 Å². The normalized spacial score (nSPS) is 14.5. The summed E-state index contributed by atoms with van der Waals surface area (Å²) in [7, 11) is 0. The first-order chi connectivity index (χ1) is 13.0. The van der Waals surface area contributed by atoms with Crippen molar-refractivity contribution in [3.8, 4) is 5.75 Å². The molecule has 8 heteroatoms. The summed E-state index contributed by atoms with van der Waals surface area (Å²) < 4.78 is 5.14. The van der Waals surface area contributed by atoms with Gasteiger partial charge in [0.15, 0.2) is 6.61 Å². The molecule has 2 amide bonds. The number of hydrogen-bond acceptors (Lipinski definition) is 5. The molecule has 27 heavy (non-hydrogen) atoms. The second kappa shape index (κ2) is 8.68. The number of amides is 2. The Morgan fingerprint density at radius 3 is 2.33 bits per heavy atom. The monoisotopic (exact) mass is 388 g/mol. The first kappa shape index (κ1) is 18.9. The molecule has 0 unspecified atom stereocenters. The summed E-state index contributed by atoms with van der Waals surface area (Å²) in [5, 5.41) is 12.4. The average Bonchev–Trinajstić information content (AvgIpc) is 3.10. The van der Waals surface area contributed by atoms with Crippen LogP contribution in [0.15, 0.2) is 41.1 Å². The molecule has 0 aliphatic carbocycles.